The molecule has 1 aromatic carbocycles. The second-order valence-corrected chi connectivity index (χ2v) is 5.74. The van der Waals surface area contributed by atoms with Crippen LogP contribution in [0, 0.1) is 23.7 Å². The molecule has 0 radical (unpaired) electrons. The maximum Gasteiger partial charge on any atom is 0.253 e. The fourth-order valence-electron chi connectivity index (χ4n) is 2.86. The fourth-order valence-corrected chi connectivity index (χ4v) is 2.86. The molecule has 0 bridgehead atoms. The normalized spacial score (nSPS) is 22.1. The van der Waals surface area contributed by atoms with Gasteiger partial charge in [0.2, 0.25) is 0 Å². The molecule has 2 N–H and O–H groups in total. The molecular formula is C17H22N2O. The largest absolute Gasteiger partial charge is 0.338 e. The zero-order valence-electron chi connectivity index (χ0n) is 12.2. The quantitative estimate of drug-likeness (QED) is 0.795. The molecule has 2 rings (SSSR count). The number of likely N-dealkylation sites (tertiary alicyclic amines) is 1. The number of hydrogen-bond acceptors (Lipinski definition) is 2. The van der Waals surface area contributed by atoms with E-state index in [9.17, 15) is 4.79 Å². The van der Waals surface area contributed by atoms with Crippen LogP contribution in [0.1, 0.15) is 36.2 Å². The smallest absolute Gasteiger partial charge is 0.253 e. The lowest BCUT2D eigenvalue weighted by atomic mass is 9.91. The molecule has 1 aromatic rings. The summed E-state index contributed by atoms with van der Waals surface area (Å²) in [6.45, 7) is 6.49. The van der Waals surface area contributed by atoms with Gasteiger partial charge in [-0.05, 0) is 42.5 Å². The summed E-state index contributed by atoms with van der Waals surface area (Å²) >= 11 is 0. The minimum atomic E-state index is 0.127. The number of nitrogens with two attached hydrogens (primary N) is 1. The van der Waals surface area contributed by atoms with E-state index in [1.165, 1.54) is 6.42 Å². The van der Waals surface area contributed by atoms with Crippen molar-refractivity contribution in [2.24, 2.45) is 17.6 Å². The Bertz CT molecular complexity index is 514. The molecule has 1 aliphatic rings. The van der Waals surface area contributed by atoms with Crippen LogP contribution < -0.4 is 5.73 Å². The highest BCUT2D eigenvalue weighted by Gasteiger charge is 2.25. The molecule has 1 saturated heterocycles. The van der Waals surface area contributed by atoms with E-state index < -0.39 is 0 Å². The van der Waals surface area contributed by atoms with Crippen molar-refractivity contribution < 1.29 is 4.79 Å². The van der Waals surface area contributed by atoms with Gasteiger partial charge >= 0.3 is 0 Å². The Morgan fingerprint density at radius 3 is 2.40 bits per heavy atom. The second kappa shape index (κ2) is 6.58. The van der Waals surface area contributed by atoms with Crippen molar-refractivity contribution >= 4 is 5.91 Å². The molecule has 2 atom stereocenters. The zero-order chi connectivity index (χ0) is 14.5. The van der Waals surface area contributed by atoms with E-state index in [0.29, 0.717) is 18.4 Å². The van der Waals surface area contributed by atoms with Crippen LogP contribution in [0.25, 0.3) is 0 Å². The molecule has 106 valence electrons. The Morgan fingerprint density at radius 1 is 1.25 bits per heavy atom. The minimum Gasteiger partial charge on any atom is -0.338 e. The van der Waals surface area contributed by atoms with Gasteiger partial charge in [0.1, 0.15) is 0 Å². The summed E-state index contributed by atoms with van der Waals surface area (Å²) in [5, 5.41) is 0. The summed E-state index contributed by atoms with van der Waals surface area (Å²) in [5.41, 5.74) is 6.98. The number of carbonyl (C=O) groups excluding carboxylic acids is 1. The van der Waals surface area contributed by atoms with Crippen molar-refractivity contribution in [3.63, 3.8) is 0 Å². The first kappa shape index (κ1) is 14.6. The summed E-state index contributed by atoms with van der Waals surface area (Å²) < 4.78 is 0. The molecule has 1 heterocycles. The van der Waals surface area contributed by atoms with Crippen molar-refractivity contribution in [3.8, 4) is 11.8 Å². The topological polar surface area (TPSA) is 46.3 Å². The molecule has 3 nitrogen and oxygen atoms in total. The lowest BCUT2D eigenvalue weighted by molar-refractivity contribution is 0.0623. The number of benzene rings is 1. The van der Waals surface area contributed by atoms with E-state index in [1.807, 2.05) is 29.2 Å². The van der Waals surface area contributed by atoms with Crippen LogP contribution in [0.15, 0.2) is 24.3 Å². The van der Waals surface area contributed by atoms with Gasteiger partial charge in [0.05, 0.1) is 6.54 Å². The van der Waals surface area contributed by atoms with Gasteiger partial charge in [-0.25, -0.2) is 0 Å². The van der Waals surface area contributed by atoms with Gasteiger partial charge in [-0.1, -0.05) is 25.7 Å². The average Bonchev–Trinajstić information content (AvgIpc) is 2.44. The van der Waals surface area contributed by atoms with Crippen LogP contribution in [0.5, 0.6) is 0 Å². The molecule has 0 spiro atoms. The first-order valence-electron chi connectivity index (χ1n) is 7.18. The Hall–Kier alpha value is -1.79. The van der Waals surface area contributed by atoms with Gasteiger partial charge in [0, 0.05) is 24.2 Å². The third-order valence-corrected chi connectivity index (χ3v) is 3.62. The van der Waals surface area contributed by atoms with Gasteiger partial charge < -0.3 is 10.6 Å². The summed E-state index contributed by atoms with van der Waals surface area (Å²) in [5.74, 6) is 7.06. The van der Waals surface area contributed by atoms with Crippen molar-refractivity contribution in [3.05, 3.63) is 35.4 Å². The Labute approximate surface area is 121 Å². The van der Waals surface area contributed by atoms with E-state index in [4.69, 9.17) is 5.73 Å². The monoisotopic (exact) mass is 270 g/mol. The lowest BCUT2D eigenvalue weighted by Crippen LogP contribution is -2.42. The van der Waals surface area contributed by atoms with Gasteiger partial charge in [0.15, 0.2) is 0 Å². The average molecular weight is 270 g/mol. The van der Waals surface area contributed by atoms with Crippen molar-refractivity contribution in [2.75, 3.05) is 19.6 Å². The van der Waals surface area contributed by atoms with Crippen LogP contribution in [-0.2, 0) is 0 Å². The number of rotatable bonds is 1. The highest BCUT2D eigenvalue weighted by Crippen LogP contribution is 2.22. The molecule has 20 heavy (non-hydrogen) atoms. The van der Waals surface area contributed by atoms with Crippen molar-refractivity contribution in [1.29, 1.82) is 0 Å². The molecule has 1 fully saturated rings. The molecule has 0 aromatic heterocycles. The summed E-state index contributed by atoms with van der Waals surface area (Å²) in [7, 11) is 0. The highest BCUT2D eigenvalue weighted by molar-refractivity contribution is 5.94. The third kappa shape index (κ3) is 3.61. The number of carbonyl (C=O) groups is 1. The molecule has 0 aliphatic carbocycles. The Balaban J connectivity index is 2.09. The van der Waals surface area contributed by atoms with Crippen LogP contribution in [0.3, 0.4) is 0 Å². The predicted octanol–water partition coefficient (Wildman–Crippen LogP) is 2.11. The summed E-state index contributed by atoms with van der Waals surface area (Å²) in [6, 6.07) is 7.47. The van der Waals surface area contributed by atoms with Crippen molar-refractivity contribution in [2.45, 2.75) is 20.3 Å². The molecular weight excluding hydrogens is 248 g/mol. The van der Waals surface area contributed by atoms with Gasteiger partial charge in [0.25, 0.3) is 5.91 Å². The first-order chi connectivity index (χ1) is 9.60. The highest BCUT2D eigenvalue weighted by atomic mass is 16.2. The maximum absolute atomic E-state index is 12.5. The number of amides is 1. The fraction of sp³-hybridized carbons (Fsp3) is 0.471. The van der Waals surface area contributed by atoms with Crippen LogP contribution in [0.2, 0.25) is 0 Å². The second-order valence-electron chi connectivity index (χ2n) is 5.74. The molecule has 1 aliphatic heterocycles. The van der Waals surface area contributed by atoms with Crippen LogP contribution >= 0.6 is 0 Å². The minimum absolute atomic E-state index is 0.127. The van der Waals surface area contributed by atoms with E-state index in [1.54, 1.807) is 0 Å². The Kier molecular flexibility index (Phi) is 4.81. The van der Waals surface area contributed by atoms with Crippen LogP contribution in [-0.4, -0.2) is 30.4 Å². The zero-order valence-corrected chi connectivity index (χ0v) is 12.2. The van der Waals surface area contributed by atoms with Gasteiger partial charge in [-0.15, -0.1) is 0 Å². The number of nitrogens with zero attached hydrogens (tertiary/aromatic N) is 1. The van der Waals surface area contributed by atoms with Gasteiger partial charge in [-0.2, -0.15) is 0 Å². The van der Waals surface area contributed by atoms with Crippen LogP contribution in [0.4, 0.5) is 0 Å². The summed E-state index contributed by atoms with van der Waals surface area (Å²) in [6.07, 6.45) is 1.21. The number of hydrogen-bond donors (Lipinski definition) is 1. The lowest BCUT2D eigenvalue weighted by Gasteiger charge is -2.35. The molecule has 1 amide bonds. The molecule has 2 unspecified atom stereocenters. The molecule has 3 heteroatoms. The van der Waals surface area contributed by atoms with Crippen molar-refractivity contribution in [1.82, 2.24) is 4.90 Å². The first-order valence-corrected chi connectivity index (χ1v) is 7.18. The van der Waals surface area contributed by atoms with Gasteiger partial charge in [-0.3, -0.25) is 4.79 Å². The standard InChI is InChI=1S/C17H22N2O/c1-13-10-14(2)12-19(11-13)17(20)16-7-5-15(6-8-16)4-3-9-18/h5-8,13-14H,9-12,18H2,1-2H3. The molecule has 0 saturated carbocycles. The maximum atomic E-state index is 12.5. The number of piperidine rings is 1. The van der Waals surface area contributed by atoms with E-state index in [-0.39, 0.29) is 5.91 Å². The third-order valence-electron chi connectivity index (χ3n) is 3.62. The van der Waals surface area contributed by atoms with E-state index in [0.717, 1.165) is 24.2 Å². The predicted molar refractivity (Wildman–Crippen MR) is 81.2 cm³/mol. The van der Waals surface area contributed by atoms with E-state index >= 15 is 0 Å². The SMILES string of the molecule is CC1CC(C)CN(C(=O)c2ccc(C#CCN)cc2)C1. The summed E-state index contributed by atoms with van der Waals surface area (Å²) in [4.78, 5) is 14.5. The van der Waals surface area contributed by atoms with E-state index in [2.05, 4.69) is 25.7 Å². The Morgan fingerprint density at radius 2 is 1.85 bits per heavy atom.